The van der Waals surface area contributed by atoms with Crippen LogP contribution in [0.1, 0.15) is 85.9 Å². The first kappa shape index (κ1) is 24.8. The molecule has 1 atom stereocenters. The van der Waals surface area contributed by atoms with Gasteiger partial charge in [-0.2, -0.15) is 0 Å². The number of nitrogens with zero attached hydrogens (tertiary/aromatic N) is 2. The van der Waals surface area contributed by atoms with E-state index in [4.69, 9.17) is 4.74 Å². The van der Waals surface area contributed by atoms with Crippen molar-refractivity contribution in [1.82, 2.24) is 9.80 Å². The smallest absolute Gasteiger partial charge is 0.337 e. The summed E-state index contributed by atoms with van der Waals surface area (Å²) in [6, 6.07) is 9.12. The largest absolute Gasteiger partial charge is 0.479 e. The van der Waals surface area contributed by atoms with Crippen molar-refractivity contribution in [3.63, 3.8) is 0 Å². The third kappa shape index (κ3) is 4.19. The zero-order valence-electron chi connectivity index (χ0n) is 22.4. The minimum atomic E-state index is -1.11. The number of ether oxygens (including phenoxy) is 1. The molecule has 5 rings (SSSR count). The Balaban J connectivity index is 1.62. The van der Waals surface area contributed by atoms with Gasteiger partial charge in [0.25, 0.3) is 0 Å². The Hall–Kier alpha value is -2.86. The van der Waals surface area contributed by atoms with Crippen LogP contribution in [-0.2, 0) is 22.6 Å². The summed E-state index contributed by atoms with van der Waals surface area (Å²) in [4.78, 5) is 30.3. The van der Waals surface area contributed by atoms with Crippen LogP contribution in [0.4, 0.5) is 4.79 Å². The first-order valence-electron chi connectivity index (χ1n) is 13.2. The molecule has 3 aliphatic heterocycles. The van der Waals surface area contributed by atoms with Crippen LogP contribution >= 0.6 is 0 Å². The summed E-state index contributed by atoms with van der Waals surface area (Å²) >= 11 is 0. The Kier molecular flexibility index (Phi) is 6.14. The highest BCUT2D eigenvalue weighted by atomic mass is 16.5. The molecule has 6 heteroatoms. The van der Waals surface area contributed by atoms with Crippen molar-refractivity contribution in [3.8, 4) is 11.1 Å². The molecule has 0 aromatic heterocycles. The van der Waals surface area contributed by atoms with Crippen molar-refractivity contribution < 1.29 is 19.4 Å². The third-order valence-electron chi connectivity index (χ3n) is 8.26. The quantitative estimate of drug-likeness (QED) is 0.547. The molecule has 1 N–H and O–H groups in total. The average molecular weight is 491 g/mol. The van der Waals surface area contributed by atoms with Crippen molar-refractivity contribution in [3.05, 3.63) is 57.6 Å². The summed E-state index contributed by atoms with van der Waals surface area (Å²) in [5.41, 5.74) is 7.28. The number of aryl methyl sites for hydroxylation is 1. The standard InChI is InChI=1S/C30H38N2O4/c1-17-7-9-20(10-8-17)25-18(2)23-15-31(29(35)32-21-11-12-22(32)14-13-21)16-24(23)19(3)26(25)27(28(33)34)36-30(4,5)6/h7-10,21-22,27H,11-16H2,1-6H3,(H,33,34)/t21-,22-,27-/m0/s1. The van der Waals surface area contributed by atoms with E-state index in [9.17, 15) is 14.7 Å². The number of hydrogen-bond donors (Lipinski definition) is 1. The van der Waals surface area contributed by atoms with Gasteiger partial charge in [0.05, 0.1) is 5.60 Å². The number of carboxylic acids is 1. The SMILES string of the molecule is Cc1ccc(-c2c(C)c3c(c(C)c2[C@H](OC(C)(C)C)C(=O)O)CN(C(=O)N2[C@H]4CC[C@H]2CC4)C3)cc1. The molecule has 0 saturated carbocycles. The third-order valence-corrected chi connectivity index (χ3v) is 8.26. The van der Waals surface area contributed by atoms with Gasteiger partial charge in [0.1, 0.15) is 0 Å². The van der Waals surface area contributed by atoms with Crippen LogP contribution in [0.2, 0.25) is 0 Å². The molecule has 2 amide bonds. The number of benzene rings is 2. The van der Waals surface area contributed by atoms with E-state index < -0.39 is 17.7 Å². The Bertz CT molecular complexity index is 1190. The van der Waals surface area contributed by atoms with Crippen LogP contribution < -0.4 is 0 Å². The van der Waals surface area contributed by atoms with Gasteiger partial charge in [-0.05, 0) is 101 Å². The lowest BCUT2D eigenvalue weighted by atomic mass is 9.83. The van der Waals surface area contributed by atoms with Crippen molar-refractivity contribution >= 4 is 12.0 Å². The van der Waals surface area contributed by atoms with E-state index in [-0.39, 0.29) is 6.03 Å². The molecule has 0 radical (unpaired) electrons. The van der Waals surface area contributed by atoms with Gasteiger partial charge in [-0.1, -0.05) is 29.8 Å². The van der Waals surface area contributed by atoms with Crippen molar-refractivity contribution in [1.29, 1.82) is 0 Å². The second-order valence-corrected chi connectivity index (χ2v) is 11.8. The molecule has 6 nitrogen and oxygen atoms in total. The average Bonchev–Trinajstić information content (AvgIpc) is 3.54. The van der Waals surface area contributed by atoms with Gasteiger partial charge in [-0.15, -0.1) is 0 Å². The molecule has 2 aromatic rings. The topological polar surface area (TPSA) is 70.1 Å². The van der Waals surface area contributed by atoms with E-state index in [1.165, 1.54) is 0 Å². The number of aliphatic carboxylic acids is 1. The van der Waals surface area contributed by atoms with E-state index in [1.807, 2.05) is 39.5 Å². The van der Waals surface area contributed by atoms with E-state index in [2.05, 4.69) is 36.1 Å². The first-order chi connectivity index (χ1) is 17.0. The summed E-state index contributed by atoms with van der Waals surface area (Å²) in [6.07, 6.45) is 3.34. The van der Waals surface area contributed by atoms with Gasteiger partial charge < -0.3 is 19.6 Å². The Labute approximate surface area is 214 Å². The van der Waals surface area contributed by atoms with Gasteiger partial charge in [-0.3, -0.25) is 0 Å². The van der Waals surface area contributed by atoms with Crippen molar-refractivity contribution in [2.75, 3.05) is 0 Å². The molecular weight excluding hydrogens is 452 g/mol. The zero-order valence-corrected chi connectivity index (χ0v) is 22.4. The lowest BCUT2D eigenvalue weighted by Crippen LogP contribution is -2.43. The number of carbonyl (C=O) groups is 2. The highest BCUT2D eigenvalue weighted by Crippen LogP contribution is 2.45. The number of amides is 2. The monoisotopic (exact) mass is 490 g/mol. The van der Waals surface area contributed by atoms with Crippen molar-refractivity contribution in [2.24, 2.45) is 0 Å². The lowest BCUT2D eigenvalue weighted by molar-refractivity contribution is -0.160. The molecule has 0 aliphatic carbocycles. The maximum absolute atomic E-state index is 13.6. The normalized spacial score (nSPS) is 21.7. The minimum absolute atomic E-state index is 0.133. The highest BCUT2D eigenvalue weighted by molar-refractivity contribution is 5.85. The van der Waals surface area contributed by atoms with Crippen LogP contribution in [0.5, 0.6) is 0 Å². The molecule has 36 heavy (non-hydrogen) atoms. The zero-order chi connectivity index (χ0) is 25.9. The maximum atomic E-state index is 13.6. The molecule has 3 heterocycles. The number of carbonyl (C=O) groups excluding carboxylic acids is 1. The number of fused-ring (bicyclic) bond motifs is 3. The highest BCUT2D eigenvalue weighted by Gasteiger charge is 2.45. The summed E-state index contributed by atoms with van der Waals surface area (Å²) in [5, 5.41) is 10.3. The van der Waals surface area contributed by atoms with E-state index in [1.54, 1.807) is 0 Å². The number of carboxylic acid groups (broad SMARTS) is 1. The molecule has 2 aromatic carbocycles. The summed E-state index contributed by atoms with van der Waals surface area (Å²) < 4.78 is 6.17. The Morgan fingerprint density at radius 1 is 0.917 bits per heavy atom. The van der Waals surface area contributed by atoms with Crippen LogP contribution in [0.15, 0.2) is 24.3 Å². The fraction of sp³-hybridized carbons (Fsp3) is 0.533. The lowest BCUT2D eigenvalue weighted by Gasteiger charge is -2.30. The van der Waals surface area contributed by atoms with Crippen LogP contribution in [-0.4, -0.2) is 44.6 Å². The summed E-state index contributed by atoms with van der Waals surface area (Å²) in [6.45, 7) is 12.8. The number of hydrogen-bond acceptors (Lipinski definition) is 3. The fourth-order valence-corrected chi connectivity index (χ4v) is 6.55. The summed E-state index contributed by atoms with van der Waals surface area (Å²) in [7, 11) is 0. The Morgan fingerprint density at radius 3 is 1.94 bits per heavy atom. The van der Waals surface area contributed by atoms with Crippen LogP contribution in [0, 0.1) is 20.8 Å². The molecule has 0 unspecified atom stereocenters. The van der Waals surface area contributed by atoms with Gasteiger partial charge in [0.2, 0.25) is 0 Å². The van der Waals surface area contributed by atoms with E-state index >= 15 is 0 Å². The predicted octanol–water partition coefficient (Wildman–Crippen LogP) is 6.28. The van der Waals surface area contributed by atoms with Crippen molar-refractivity contribution in [2.45, 2.75) is 104 Å². The molecule has 2 saturated heterocycles. The van der Waals surface area contributed by atoms with E-state index in [0.29, 0.717) is 30.7 Å². The number of urea groups is 1. The van der Waals surface area contributed by atoms with Crippen LogP contribution in [0.25, 0.3) is 11.1 Å². The van der Waals surface area contributed by atoms with Gasteiger partial charge in [-0.25, -0.2) is 9.59 Å². The molecule has 0 spiro atoms. The molecule has 192 valence electrons. The van der Waals surface area contributed by atoms with Crippen LogP contribution in [0.3, 0.4) is 0 Å². The van der Waals surface area contributed by atoms with Gasteiger partial charge in [0.15, 0.2) is 6.10 Å². The van der Waals surface area contributed by atoms with Gasteiger partial charge in [0, 0.05) is 30.7 Å². The predicted molar refractivity (Wildman–Crippen MR) is 140 cm³/mol. The maximum Gasteiger partial charge on any atom is 0.337 e. The molecule has 2 fully saturated rings. The Morgan fingerprint density at radius 2 is 1.44 bits per heavy atom. The molecular formula is C30H38N2O4. The minimum Gasteiger partial charge on any atom is -0.479 e. The number of rotatable bonds is 4. The second-order valence-electron chi connectivity index (χ2n) is 11.8. The summed E-state index contributed by atoms with van der Waals surface area (Å²) in [5.74, 6) is -1.000. The second kappa shape index (κ2) is 8.91. The first-order valence-corrected chi connectivity index (χ1v) is 13.2. The fourth-order valence-electron chi connectivity index (χ4n) is 6.55. The molecule has 3 aliphatic rings. The van der Waals surface area contributed by atoms with Gasteiger partial charge >= 0.3 is 12.0 Å². The van der Waals surface area contributed by atoms with E-state index in [0.717, 1.165) is 64.6 Å². The molecule has 2 bridgehead atoms.